The van der Waals surface area contributed by atoms with Gasteiger partial charge >= 0.3 is 0 Å². The summed E-state index contributed by atoms with van der Waals surface area (Å²) in [5, 5.41) is 0. The van der Waals surface area contributed by atoms with Crippen LogP contribution in [0.1, 0.15) is 38.0 Å². The second-order valence-corrected chi connectivity index (χ2v) is 10.3. The molecular weight excluding hydrogens is 272 g/mol. The van der Waals surface area contributed by atoms with E-state index in [1.54, 1.807) is 0 Å². The molecule has 0 aliphatic carbocycles. The van der Waals surface area contributed by atoms with Gasteiger partial charge in [-0.1, -0.05) is 81.4 Å². The summed E-state index contributed by atoms with van der Waals surface area (Å²) in [5.41, 5.74) is 2.52. The summed E-state index contributed by atoms with van der Waals surface area (Å²) < 4.78 is 6.80. The maximum absolute atomic E-state index is 6.80. The normalized spacial score (nSPS) is 11.8. The third kappa shape index (κ3) is 3.83. The van der Waals surface area contributed by atoms with Crippen LogP contribution in [-0.4, -0.2) is 8.32 Å². The van der Waals surface area contributed by atoms with Gasteiger partial charge in [-0.3, -0.25) is 0 Å². The van der Waals surface area contributed by atoms with Gasteiger partial charge in [-0.05, 0) is 29.3 Å². The van der Waals surface area contributed by atoms with Crippen molar-refractivity contribution >= 4 is 8.32 Å². The second-order valence-electron chi connectivity index (χ2n) is 5.56. The van der Waals surface area contributed by atoms with E-state index in [4.69, 9.17) is 4.43 Å². The molecule has 0 aliphatic rings. The summed E-state index contributed by atoms with van der Waals surface area (Å²) >= 11 is 0. The summed E-state index contributed by atoms with van der Waals surface area (Å²) in [7, 11) is -1.65. The molecule has 2 aromatic rings. The highest BCUT2D eigenvalue weighted by molar-refractivity contribution is 6.73. The quantitative estimate of drug-likeness (QED) is 0.587. The monoisotopic (exact) mass is 298 g/mol. The lowest BCUT2D eigenvalue weighted by Gasteiger charge is -2.33. The van der Waals surface area contributed by atoms with Crippen LogP contribution < -0.4 is 0 Å². The van der Waals surface area contributed by atoms with Gasteiger partial charge in [-0.15, -0.1) is 0 Å². The first-order valence-electron chi connectivity index (χ1n) is 8.02. The molecule has 0 fully saturated rings. The fourth-order valence-electron chi connectivity index (χ4n) is 2.83. The van der Waals surface area contributed by atoms with Gasteiger partial charge in [-0.25, -0.2) is 0 Å². The second kappa shape index (κ2) is 7.58. The van der Waals surface area contributed by atoms with Crippen LogP contribution >= 0.6 is 0 Å². The number of rotatable bonds is 7. The first-order chi connectivity index (χ1) is 10.2. The number of hydrogen-bond donors (Lipinski definition) is 0. The van der Waals surface area contributed by atoms with Crippen LogP contribution in [0.5, 0.6) is 0 Å². The molecule has 0 aliphatic heterocycles. The van der Waals surface area contributed by atoms with Crippen molar-refractivity contribution < 1.29 is 4.43 Å². The van der Waals surface area contributed by atoms with Crippen molar-refractivity contribution in [1.29, 1.82) is 0 Å². The van der Waals surface area contributed by atoms with Crippen molar-refractivity contribution in [3.63, 3.8) is 0 Å². The van der Waals surface area contributed by atoms with Crippen LogP contribution in [0.2, 0.25) is 18.1 Å². The van der Waals surface area contributed by atoms with Gasteiger partial charge in [0.2, 0.25) is 0 Å². The standard InChI is InChI=1S/C19H26OSi/c1-4-21(5-2,6-3)20-19(17-13-9-7-10-14-17)18-15-11-8-12-16-18/h7-16,19H,4-6H2,1-3H3. The molecule has 0 bridgehead atoms. The lowest BCUT2D eigenvalue weighted by atomic mass is 10.0. The first kappa shape index (κ1) is 16.0. The zero-order valence-electron chi connectivity index (χ0n) is 13.4. The van der Waals surface area contributed by atoms with Crippen molar-refractivity contribution in [2.45, 2.75) is 45.0 Å². The van der Waals surface area contributed by atoms with E-state index in [0.717, 1.165) is 0 Å². The van der Waals surface area contributed by atoms with E-state index in [1.807, 2.05) is 0 Å². The Kier molecular flexibility index (Phi) is 5.77. The summed E-state index contributed by atoms with van der Waals surface area (Å²) in [6.45, 7) is 6.85. The highest BCUT2D eigenvalue weighted by atomic mass is 28.4. The van der Waals surface area contributed by atoms with Crippen molar-refractivity contribution in [3.8, 4) is 0 Å². The van der Waals surface area contributed by atoms with Gasteiger partial charge in [0.25, 0.3) is 0 Å². The predicted molar refractivity (Wildman–Crippen MR) is 93.0 cm³/mol. The largest absolute Gasteiger partial charge is 0.406 e. The molecule has 112 valence electrons. The summed E-state index contributed by atoms with van der Waals surface area (Å²) in [5.74, 6) is 0. The Bertz CT molecular complexity index is 472. The predicted octanol–water partition coefficient (Wildman–Crippen LogP) is 5.80. The molecule has 0 heterocycles. The van der Waals surface area contributed by atoms with Crippen LogP contribution in [-0.2, 0) is 4.43 Å². The summed E-state index contributed by atoms with van der Waals surface area (Å²) in [6, 6.07) is 24.8. The lowest BCUT2D eigenvalue weighted by molar-refractivity contribution is 0.230. The van der Waals surface area contributed by atoms with E-state index in [0.29, 0.717) is 0 Å². The molecule has 1 nitrogen and oxygen atoms in total. The van der Waals surface area contributed by atoms with E-state index in [2.05, 4.69) is 81.4 Å². The highest BCUT2D eigenvalue weighted by Gasteiger charge is 2.33. The Morgan fingerprint density at radius 2 is 1.10 bits per heavy atom. The van der Waals surface area contributed by atoms with Crippen molar-refractivity contribution in [1.82, 2.24) is 0 Å². The van der Waals surface area contributed by atoms with Gasteiger partial charge < -0.3 is 4.43 Å². The van der Waals surface area contributed by atoms with Crippen molar-refractivity contribution in [2.24, 2.45) is 0 Å². The molecule has 0 N–H and O–H groups in total. The molecule has 2 heteroatoms. The molecule has 0 spiro atoms. The van der Waals surface area contributed by atoms with Gasteiger partial charge in [0.05, 0.1) is 6.10 Å². The fourth-order valence-corrected chi connectivity index (χ4v) is 5.61. The van der Waals surface area contributed by atoms with Gasteiger partial charge in [0.1, 0.15) is 0 Å². The van der Waals surface area contributed by atoms with Gasteiger partial charge in [0.15, 0.2) is 8.32 Å². The minimum atomic E-state index is -1.65. The summed E-state index contributed by atoms with van der Waals surface area (Å²) in [4.78, 5) is 0. The molecule has 21 heavy (non-hydrogen) atoms. The molecule has 0 radical (unpaired) electrons. The maximum Gasteiger partial charge on any atom is 0.193 e. The van der Waals surface area contributed by atoms with Gasteiger partial charge in [0, 0.05) is 0 Å². The molecule has 0 atom stereocenters. The Morgan fingerprint density at radius 1 is 0.714 bits per heavy atom. The van der Waals surface area contributed by atoms with E-state index in [-0.39, 0.29) is 6.10 Å². The smallest absolute Gasteiger partial charge is 0.193 e. The van der Waals surface area contributed by atoms with Crippen LogP contribution in [0.15, 0.2) is 60.7 Å². The first-order valence-corrected chi connectivity index (χ1v) is 10.6. The van der Waals surface area contributed by atoms with E-state index in [1.165, 1.54) is 29.3 Å². The van der Waals surface area contributed by atoms with Crippen LogP contribution in [0.3, 0.4) is 0 Å². The minimum absolute atomic E-state index is 0.0684. The van der Waals surface area contributed by atoms with Crippen LogP contribution in [0, 0.1) is 0 Å². The molecule has 0 saturated carbocycles. The minimum Gasteiger partial charge on any atom is -0.406 e. The number of hydrogen-bond acceptors (Lipinski definition) is 1. The summed E-state index contributed by atoms with van der Waals surface area (Å²) in [6.07, 6.45) is 0.0684. The lowest BCUT2D eigenvalue weighted by Crippen LogP contribution is -2.37. The molecule has 0 saturated heterocycles. The van der Waals surface area contributed by atoms with Crippen LogP contribution in [0.4, 0.5) is 0 Å². The average molecular weight is 299 g/mol. The Labute approximate surface area is 130 Å². The Hall–Kier alpha value is -1.38. The fraction of sp³-hybridized carbons (Fsp3) is 0.368. The van der Waals surface area contributed by atoms with E-state index >= 15 is 0 Å². The zero-order valence-corrected chi connectivity index (χ0v) is 14.4. The molecule has 0 amide bonds. The number of benzene rings is 2. The van der Waals surface area contributed by atoms with Crippen molar-refractivity contribution in [3.05, 3.63) is 71.8 Å². The molecule has 2 aromatic carbocycles. The maximum atomic E-state index is 6.80. The average Bonchev–Trinajstić information content (AvgIpc) is 2.58. The van der Waals surface area contributed by atoms with E-state index < -0.39 is 8.32 Å². The third-order valence-corrected chi connectivity index (χ3v) is 9.11. The SMILES string of the molecule is CC[Si](CC)(CC)OC(c1ccccc1)c1ccccc1. The third-order valence-electron chi connectivity index (χ3n) is 4.51. The van der Waals surface area contributed by atoms with Gasteiger partial charge in [-0.2, -0.15) is 0 Å². The Balaban J connectivity index is 2.38. The molecular formula is C19H26OSi. The van der Waals surface area contributed by atoms with E-state index in [9.17, 15) is 0 Å². The molecule has 0 aromatic heterocycles. The van der Waals surface area contributed by atoms with Crippen LogP contribution in [0.25, 0.3) is 0 Å². The Morgan fingerprint density at radius 3 is 1.43 bits per heavy atom. The molecule has 0 unspecified atom stereocenters. The highest BCUT2D eigenvalue weighted by Crippen LogP contribution is 2.33. The molecule has 2 rings (SSSR count). The topological polar surface area (TPSA) is 9.23 Å². The zero-order chi connectivity index (χ0) is 15.1. The van der Waals surface area contributed by atoms with Crippen molar-refractivity contribution in [2.75, 3.05) is 0 Å².